The Kier molecular flexibility index (Phi) is 3.07. The van der Waals surface area contributed by atoms with E-state index in [4.69, 9.17) is 11.6 Å². The first-order valence-corrected chi connectivity index (χ1v) is 6.85. The van der Waals surface area contributed by atoms with Gasteiger partial charge in [0.2, 0.25) is 5.65 Å². The zero-order valence-corrected chi connectivity index (χ0v) is 10.9. The highest BCUT2D eigenvalue weighted by Gasteiger charge is 2.32. The molecule has 1 aliphatic rings. The lowest BCUT2D eigenvalue weighted by molar-refractivity contribution is 0.352. The van der Waals surface area contributed by atoms with Gasteiger partial charge in [0.05, 0.1) is 5.54 Å². The molecule has 3 rings (SSSR count). The molecule has 1 N–H and O–H groups in total. The summed E-state index contributed by atoms with van der Waals surface area (Å²) < 4.78 is 1.86. The minimum absolute atomic E-state index is 0.0411. The summed E-state index contributed by atoms with van der Waals surface area (Å²) in [6.07, 6.45) is 11.2. The molecule has 0 aliphatic heterocycles. The van der Waals surface area contributed by atoms with Gasteiger partial charge in [-0.1, -0.05) is 19.3 Å². The van der Waals surface area contributed by atoms with Crippen LogP contribution >= 0.6 is 11.6 Å². The summed E-state index contributed by atoms with van der Waals surface area (Å²) in [6.45, 7) is 0. The second-order valence-corrected chi connectivity index (χ2v) is 5.20. The average Bonchev–Trinajstić information content (AvgIpc) is 2.89. The molecule has 0 spiro atoms. The fourth-order valence-corrected chi connectivity index (χ4v) is 2.95. The van der Waals surface area contributed by atoms with Crippen molar-refractivity contribution in [3.63, 3.8) is 0 Å². The van der Waals surface area contributed by atoms with E-state index in [1.807, 2.05) is 10.6 Å². The molecule has 0 aromatic carbocycles. The van der Waals surface area contributed by atoms with Crippen molar-refractivity contribution < 1.29 is 0 Å². The smallest absolute Gasteiger partial charge is 0.203 e. The van der Waals surface area contributed by atoms with Crippen LogP contribution in [0.5, 0.6) is 0 Å². The number of aromatic nitrogens is 4. The van der Waals surface area contributed by atoms with E-state index >= 15 is 0 Å². The number of halogens is 1. The van der Waals surface area contributed by atoms with Crippen molar-refractivity contribution in [1.29, 1.82) is 0 Å². The second kappa shape index (κ2) is 4.72. The summed E-state index contributed by atoms with van der Waals surface area (Å²) in [7, 11) is 0. The number of fused-ring (bicyclic) bond motifs is 1. The van der Waals surface area contributed by atoms with Gasteiger partial charge in [-0.25, -0.2) is 4.98 Å². The number of nitrogens with zero attached hydrogens (tertiary/aromatic N) is 4. The summed E-state index contributed by atoms with van der Waals surface area (Å²) in [5.74, 6) is 1.38. The van der Waals surface area contributed by atoms with Gasteiger partial charge in [0.15, 0.2) is 5.82 Å². The Morgan fingerprint density at radius 1 is 1.33 bits per heavy atom. The molecule has 1 aliphatic carbocycles. The quantitative estimate of drug-likeness (QED) is 0.867. The molecule has 96 valence electrons. The normalized spacial score (nSPS) is 18.9. The van der Waals surface area contributed by atoms with Gasteiger partial charge in [0, 0.05) is 18.3 Å². The number of hydrogen-bond donors (Lipinski definition) is 1. The number of rotatable bonds is 3. The molecule has 0 radical (unpaired) electrons. The fraction of sp³-hybridized carbons (Fsp3) is 0.583. The maximum Gasteiger partial charge on any atom is 0.203 e. The van der Waals surface area contributed by atoms with Gasteiger partial charge in [-0.3, -0.25) is 4.40 Å². The molecule has 1 saturated carbocycles. The van der Waals surface area contributed by atoms with E-state index in [9.17, 15) is 0 Å². The van der Waals surface area contributed by atoms with Crippen molar-refractivity contribution in [2.75, 3.05) is 11.2 Å². The predicted molar refractivity (Wildman–Crippen MR) is 70.9 cm³/mol. The van der Waals surface area contributed by atoms with Crippen LogP contribution in [0, 0.1) is 0 Å². The first-order chi connectivity index (χ1) is 8.83. The lowest BCUT2D eigenvalue weighted by atomic mass is 9.83. The fourth-order valence-electron chi connectivity index (χ4n) is 2.62. The third-order valence-electron chi connectivity index (χ3n) is 3.67. The molecule has 0 atom stereocenters. The highest BCUT2D eigenvalue weighted by atomic mass is 35.5. The summed E-state index contributed by atoms with van der Waals surface area (Å²) in [6, 6.07) is 0. The van der Waals surface area contributed by atoms with Crippen LogP contribution in [0.2, 0.25) is 0 Å². The number of anilines is 1. The highest BCUT2D eigenvalue weighted by Crippen LogP contribution is 2.32. The Hall–Kier alpha value is -1.36. The van der Waals surface area contributed by atoms with E-state index in [0.29, 0.717) is 5.88 Å². The lowest BCUT2D eigenvalue weighted by Gasteiger charge is -2.36. The van der Waals surface area contributed by atoms with Gasteiger partial charge in [-0.2, -0.15) is 0 Å². The molecular weight excluding hydrogens is 250 g/mol. The number of alkyl halides is 1. The Labute approximate surface area is 111 Å². The van der Waals surface area contributed by atoms with Crippen LogP contribution in [0.25, 0.3) is 5.65 Å². The van der Waals surface area contributed by atoms with Crippen molar-refractivity contribution in [2.45, 2.75) is 37.6 Å². The lowest BCUT2D eigenvalue weighted by Crippen LogP contribution is -2.42. The van der Waals surface area contributed by atoms with Crippen molar-refractivity contribution >= 4 is 23.1 Å². The van der Waals surface area contributed by atoms with Crippen LogP contribution in [0.1, 0.15) is 32.1 Å². The van der Waals surface area contributed by atoms with Crippen LogP contribution in [0.4, 0.5) is 5.82 Å². The van der Waals surface area contributed by atoms with Crippen LogP contribution in [0.15, 0.2) is 18.7 Å². The minimum Gasteiger partial charge on any atom is -0.360 e. The molecule has 0 unspecified atom stereocenters. The molecule has 0 amide bonds. The molecule has 5 nitrogen and oxygen atoms in total. The van der Waals surface area contributed by atoms with E-state index in [1.54, 1.807) is 12.5 Å². The van der Waals surface area contributed by atoms with Gasteiger partial charge in [-0.05, 0) is 12.8 Å². The van der Waals surface area contributed by atoms with Gasteiger partial charge in [0.1, 0.15) is 6.33 Å². The van der Waals surface area contributed by atoms with Crippen molar-refractivity contribution in [2.24, 2.45) is 0 Å². The second-order valence-electron chi connectivity index (χ2n) is 4.94. The van der Waals surface area contributed by atoms with Gasteiger partial charge >= 0.3 is 0 Å². The number of nitrogens with one attached hydrogen (secondary N) is 1. The first kappa shape index (κ1) is 11.7. The molecule has 1 fully saturated rings. The first-order valence-electron chi connectivity index (χ1n) is 6.31. The number of hydrogen-bond acceptors (Lipinski definition) is 4. The average molecular weight is 266 g/mol. The largest absolute Gasteiger partial charge is 0.360 e. The Morgan fingerprint density at radius 3 is 2.94 bits per heavy atom. The van der Waals surface area contributed by atoms with E-state index < -0.39 is 0 Å². The maximum atomic E-state index is 6.18. The van der Waals surface area contributed by atoms with E-state index in [-0.39, 0.29) is 5.54 Å². The molecule has 0 bridgehead atoms. The summed E-state index contributed by atoms with van der Waals surface area (Å²) in [5.41, 5.74) is 0.716. The van der Waals surface area contributed by atoms with Gasteiger partial charge in [0.25, 0.3) is 0 Å². The van der Waals surface area contributed by atoms with E-state index in [1.165, 1.54) is 19.3 Å². The molecule has 6 heteroatoms. The zero-order valence-electron chi connectivity index (χ0n) is 10.1. The summed E-state index contributed by atoms with van der Waals surface area (Å²) in [4.78, 5) is 4.37. The van der Waals surface area contributed by atoms with Crippen LogP contribution in [0.3, 0.4) is 0 Å². The molecule has 2 aromatic rings. The molecule has 18 heavy (non-hydrogen) atoms. The maximum absolute atomic E-state index is 6.18. The minimum atomic E-state index is -0.0411. The molecule has 2 aromatic heterocycles. The standard InChI is InChI=1S/C12H16ClN5/c13-8-12(4-2-1-3-5-12)16-10-11-17-15-9-18(11)7-6-14-10/h6-7,9H,1-5,8H2,(H,14,16). The van der Waals surface area contributed by atoms with Crippen LogP contribution in [-0.2, 0) is 0 Å². The zero-order chi connectivity index (χ0) is 12.4. The van der Waals surface area contributed by atoms with Gasteiger partial charge in [-0.15, -0.1) is 21.8 Å². The predicted octanol–water partition coefficient (Wildman–Crippen LogP) is 2.48. The third-order valence-corrected chi connectivity index (χ3v) is 4.18. The Bertz CT molecular complexity index is 532. The molecule has 0 saturated heterocycles. The van der Waals surface area contributed by atoms with Crippen molar-refractivity contribution in [3.05, 3.63) is 18.7 Å². The molecular formula is C12H16ClN5. The van der Waals surface area contributed by atoms with Crippen molar-refractivity contribution in [3.8, 4) is 0 Å². The highest BCUT2D eigenvalue weighted by molar-refractivity contribution is 6.18. The SMILES string of the molecule is ClCC1(Nc2nccn3cnnc23)CCCCC1. The summed E-state index contributed by atoms with van der Waals surface area (Å²) >= 11 is 6.18. The topological polar surface area (TPSA) is 55.1 Å². The Balaban J connectivity index is 1.92. The monoisotopic (exact) mass is 265 g/mol. The van der Waals surface area contributed by atoms with E-state index in [0.717, 1.165) is 24.3 Å². The summed E-state index contributed by atoms with van der Waals surface area (Å²) in [5, 5.41) is 11.5. The van der Waals surface area contributed by atoms with Crippen LogP contribution < -0.4 is 5.32 Å². The van der Waals surface area contributed by atoms with Crippen molar-refractivity contribution in [1.82, 2.24) is 19.6 Å². The van der Waals surface area contributed by atoms with E-state index in [2.05, 4.69) is 20.5 Å². The van der Waals surface area contributed by atoms with Gasteiger partial charge < -0.3 is 5.32 Å². The molecule has 2 heterocycles. The Morgan fingerprint density at radius 2 is 2.17 bits per heavy atom. The van der Waals surface area contributed by atoms with Crippen LogP contribution in [-0.4, -0.2) is 31.0 Å². The third kappa shape index (κ3) is 2.03.